The molecule has 0 saturated heterocycles. The fraction of sp³-hybridized carbons (Fsp3) is 0.333. The molecule has 2 nitrogen and oxygen atoms in total. The van der Waals surface area contributed by atoms with Crippen LogP contribution in [0.15, 0.2) is 48.5 Å². The molecular formula is C18H22ClNO. The van der Waals surface area contributed by atoms with Gasteiger partial charge in [0.15, 0.2) is 0 Å². The minimum absolute atomic E-state index is 0.450. The minimum Gasteiger partial charge on any atom is -0.497 e. The average molecular weight is 304 g/mol. The van der Waals surface area contributed by atoms with Crippen LogP contribution in [-0.2, 0) is 12.8 Å². The monoisotopic (exact) mass is 303 g/mol. The molecule has 0 spiro atoms. The second kappa shape index (κ2) is 8.06. The van der Waals surface area contributed by atoms with Gasteiger partial charge in [-0.25, -0.2) is 0 Å². The van der Waals surface area contributed by atoms with E-state index in [1.807, 2.05) is 24.3 Å². The molecule has 3 heteroatoms. The van der Waals surface area contributed by atoms with Gasteiger partial charge in [-0.05, 0) is 61.7 Å². The Balaban J connectivity index is 1.73. The number of halogens is 1. The predicted molar refractivity (Wildman–Crippen MR) is 89.3 cm³/mol. The molecule has 1 atom stereocenters. The molecule has 0 bridgehead atoms. The van der Waals surface area contributed by atoms with Gasteiger partial charge in [0.25, 0.3) is 0 Å². The number of ether oxygens (including phenoxy) is 1. The summed E-state index contributed by atoms with van der Waals surface area (Å²) in [5.74, 6) is 0.905. The molecule has 0 radical (unpaired) electrons. The second-order valence-electron chi connectivity index (χ2n) is 5.28. The van der Waals surface area contributed by atoms with Gasteiger partial charge in [-0.3, -0.25) is 0 Å². The first-order chi connectivity index (χ1) is 10.2. The van der Waals surface area contributed by atoms with Gasteiger partial charge in [-0.2, -0.15) is 0 Å². The molecule has 0 heterocycles. The topological polar surface area (TPSA) is 21.3 Å². The molecule has 112 valence electrons. The second-order valence-corrected chi connectivity index (χ2v) is 5.72. The molecule has 0 aliphatic heterocycles. The molecule has 0 saturated carbocycles. The normalized spacial score (nSPS) is 12.1. The Morgan fingerprint density at radius 1 is 1.00 bits per heavy atom. The van der Waals surface area contributed by atoms with E-state index in [-0.39, 0.29) is 0 Å². The van der Waals surface area contributed by atoms with Crippen LogP contribution >= 0.6 is 11.6 Å². The van der Waals surface area contributed by atoms with E-state index >= 15 is 0 Å². The summed E-state index contributed by atoms with van der Waals surface area (Å²) in [6, 6.07) is 16.8. The lowest BCUT2D eigenvalue weighted by atomic mass is 10.1. The Morgan fingerprint density at radius 3 is 2.24 bits per heavy atom. The zero-order chi connectivity index (χ0) is 15.1. The van der Waals surface area contributed by atoms with Crippen LogP contribution in [0.5, 0.6) is 5.75 Å². The molecule has 0 aromatic heterocycles. The SMILES string of the molecule is COc1ccc(C[C@@H](C)NCCc2ccc(Cl)cc2)cc1. The lowest BCUT2D eigenvalue weighted by Crippen LogP contribution is -2.29. The van der Waals surface area contributed by atoms with Crippen LogP contribution in [0.1, 0.15) is 18.1 Å². The van der Waals surface area contributed by atoms with E-state index in [0.717, 1.165) is 30.2 Å². The number of nitrogens with one attached hydrogen (secondary N) is 1. The summed E-state index contributed by atoms with van der Waals surface area (Å²) in [6.07, 6.45) is 2.04. The van der Waals surface area contributed by atoms with Crippen molar-refractivity contribution in [2.75, 3.05) is 13.7 Å². The lowest BCUT2D eigenvalue weighted by molar-refractivity contribution is 0.414. The summed E-state index contributed by atoms with van der Waals surface area (Å²) in [6.45, 7) is 3.19. The van der Waals surface area contributed by atoms with Gasteiger partial charge in [0, 0.05) is 11.1 Å². The highest BCUT2D eigenvalue weighted by Gasteiger charge is 2.03. The number of hydrogen-bond donors (Lipinski definition) is 1. The molecule has 0 unspecified atom stereocenters. The fourth-order valence-electron chi connectivity index (χ4n) is 2.30. The number of benzene rings is 2. The van der Waals surface area contributed by atoms with Gasteiger partial charge in [-0.15, -0.1) is 0 Å². The van der Waals surface area contributed by atoms with Gasteiger partial charge in [0.2, 0.25) is 0 Å². The van der Waals surface area contributed by atoms with Crippen LogP contribution in [0.4, 0.5) is 0 Å². The lowest BCUT2D eigenvalue weighted by Gasteiger charge is -2.14. The van der Waals surface area contributed by atoms with Gasteiger partial charge in [0.1, 0.15) is 5.75 Å². The minimum atomic E-state index is 0.450. The highest BCUT2D eigenvalue weighted by Crippen LogP contribution is 2.13. The Kier molecular flexibility index (Phi) is 6.09. The summed E-state index contributed by atoms with van der Waals surface area (Å²) >= 11 is 5.88. The van der Waals surface area contributed by atoms with E-state index in [9.17, 15) is 0 Å². The Labute approximate surface area is 132 Å². The maximum absolute atomic E-state index is 5.88. The summed E-state index contributed by atoms with van der Waals surface area (Å²) in [4.78, 5) is 0. The zero-order valence-corrected chi connectivity index (χ0v) is 13.4. The molecular weight excluding hydrogens is 282 g/mol. The first kappa shape index (κ1) is 15.9. The van der Waals surface area contributed by atoms with Gasteiger partial charge in [-0.1, -0.05) is 35.9 Å². The van der Waals surface area contributed by atoms with Crippen molar-refractivity contribution in [3.63, 3.8) is 0 Å². The predicted octanol–water partition coefficient (Wildman–Crippen LogP) is 4.11. The zero-order valence-electron chi connectivity index (χ0n) is 12.6. The van der Waals surface area contributed by atoms with E-state index in [1.165, 1.54) is 11.1 Å². The molecule has 0 amide bonds. The van der Waals surface area contributed by atoms with Crippen molar-refractivity contribution in [1.82, 2.24) is 5.32 Å². The Bertz CT molecular complexity index is 536. The smallest absolute Gasteiger partial charge is 0.118 e. The Hall–Kier alpha value is -1.51. The molecule has 2 aromatic rings. The number of methoxy groups -OCH3 is 1. The third kappa shape index (κ3) is 5.41. The standard InChI is InChI=1S/C18H22ClNO/c1-14(13-16-5-9-18(21-2)10-6-16)20-12-11-15-3-7-17(19)8-4-15/h3-10,14,20H,11-13H2,1-2H3/t14-/m1/s1. The van der Waals surface area contributed by atoms with Crippen molar-refractivity contribution >= 4 is 11.6 Å². The van der Waals surface area contributed by atoms with Crippen LogP contribution in [0.2, 0.25) is 5.02 Å². The van der Waals surface area contributed by atoms with E-state index in [2.05, 4.69) is 36.5 Å². The highest BCUT2D eigenvalue weighted by molar-refractivity contribution is 6.30. The van der Waals surface area contributed by atoms with E-state index in [4.69, 9.17) is 16.3 Å². The average Bonchev–Trinajstić information content (AvgIpc) is 2.50. The van der Waals surface area contributed by atoms with Crippen LogP contribution in [0.25, 0.3) is 0 Å². The van der Waals surface area contributed by atoms with Gasteiger partial charge in [0.05, 0.1) is 7.11 Å². The summed E-state index contributed by atoms with van der Waals surface area (Å²) in [7, 11) is 1.69. The van der Waals surface area contributed by atoms with Crippen molar-refractivity contribution in [2.45, 2.75) is 25.8 Å². The molecule has 0 aliphatic rings. The van der Waals surface area contributed by atoms with Crippen LogP contribution in [0.3, 0.4) is 0 Å². The van der Waals surface area contributed by atoms with E-state index in [0.29, 0.717) is 6.04 Å². The molecule has 1 N–H and O–H groups in total. The number of hydrogen-bond acceptors (Lipinski definition) is 2. The first-order valence-corrected chi connectivity index (χ1v) is 7.66. The van der Waals surface area contributed by atoms with Crippen molar-refractivity contribution in [2.24, 2.45) is 0 Å². The third-order valence-corrected chi connectivity index (χ3v) is 3.77. The highest BCUT2D eigenvalue weighted by atomic mass is 35.5. The largest absolute Gasteiger partial charge is 0.497 e. The molecule has 2 rings (SSSR count). The van der Waals surface area contributed by atoms with Gasteiger partial charge >= 0.3 is 0 Å². The molecule has 0 aliphatic carbocycles. The van der Waals surface area contributed by atoms with Crippen LogP contribution in [-0.4, -0.2) is 19.7 Å². The summed E-state index contributed by atoms with van der Waals surface area (Å²) in [5, 5.41) is 4.35. The van der Waals surface area contributed by atoms with Crippen molar-refractivity contribution in [3.8, 4) is 5.75 Å². The molecule has 2 aromatic carbocycles. The third-order valence-electron chi connectivity index (χ3n) is 3.52. The van der Waals surface area contributed by atoms with E-state index < -0.39 is 0 Å². The van der Waals surface area contributed by atoms with Gasteiger partial charge < -0.3 is 10.1 Å². The Morgan fingerprint density at radius 2 is 1.62 bits per heavy atom. The molecule has 0 fully saturated rings. The first-order valence-electron chi connectivity index (χ1n) is 7.28. The quantitative estimate of drug-likeness (QED) is 0.831. The van der Waals surface area contributed by atoms with Crippen molar-refractivity contribution in [3.05, 3.63) is 64.7 Å². The van der Waals surface area contributed by atoms with Crippen LogP contribution < -0.4 is 10.1 Å². The maximum atomic E-state index is 5.88. The van der Waals surface area contributed by atoms with Crippen molar-refractivity contribution < 1.29 is 4.74 Å². The van der Waals surface area contributed by atoms with Crippen molar-refractivity contribution in [1.29, 1.82) is 0 Å². The van der Waals surface area contributed by atoms with Crippen LogP contribution in [0, 0.1) is 0 Å². The molecule has 21 heavy (non-hydrogen) atoms. The number of rotatable bonds is 7. The summed E-state index contributed by atoms with van der Waals surface area (Å²) in [5.41, 5.74) is 2.63. The van der Waals surface area contributed by atoms with E-state index in [1.54, 1.807) is 7.11 Å². The summed E-state index contributed by atoms with van der Waals surface area (Å²) < 4.78 is 5.17. The maximum Gasteiger partial charge on any atom is 0.118 e. The fourth-order valence-corrected chi connectivity index (χ4v) is 2.43.